The van der Waals surface area contributed by atoms with Crippen LogP contribution >= 0.6 is 0 Å². The van der Waals surface area contributed by atoms with Crippen LogP contribution in [0.3, 0.4) is 0 Å². The number of hydrogen-bond acceptors (Lipinski definition) is 6. The lowest BCUT2D eigenvalue weighted by Gasteiger charge is -2.13. The summed E-state index contributed by atoms with van der Waals surface area (Å²) >= 11 is 0. The normalized spacial score (nSPS) is 12.6. The van der Waals surface area contributed by atoms with Crippen LogP contribution in [0.5, 0.6) is 5.75 Å². The van der Waals surface area contributed by atoms with Crippen molar-refractivity contribution in [1.29, 1.82) is 0 Å². The van der Waals surface area contributed by atoms with Gasteiger partial charge in [-0.2, -0.15) is 13.2 Å². The lowest BCUT2D eigenvalue weighted by atomic mass is 10.2. The molecule has 0 saturated heterocycles. The van der Waals surface area contributed by atoms with E-state index in [0.29, 0.717) is 12.3 Å². The number of carbonyl (C=O) groups excluding carboxylic acids is 1. The van der Waals surface area contributed by atoms with Gasteiger partial charge in [0.15, 0.2) is 9.84 Å². The van der Waals surface area contributed by atoms with Crippen molar-refractivity contribution in [3.8, 4) is 5.75 Å². The molecular formula is C19H13F6N3O4S. The number of hydrogen-bond donors (Lipinski definition) is 1. The molecule has 0 aliphatic carbocycles. The van der Waals surface area contributed by atoms with Crippen LogP contribution < -0.4 is 10.1 Å². The van der Waals surface area contributed by atoms with Gasteiger partial charge in [-0.1, -0.05) is 6.92 Å². The highest BCUT2D eigenvalue weighted by Crippen LogP contribution is 2.30. The third kappa shape index (κ3) is 5.69. The molecule has 0 radical (unpaired) electrons. The van der Waals surface area contributed by atoms with E-state index in [1.54, 1.807) is 0 Å². The Morgan fingerprint density at radius 2 is 1.76 bits per heavy atom. The molecule has 0 spiro atoms. The summed E-state index contributed by atoms with van der Waals surface area (Å²) < 4.78 is 104. The largest absolute Gasteiger partial charge is 0.573 e. The summed E-state index contributed by atoms with van der Waals surface area (Å²) in [6, 6.07) is 5.43. The maximum Gasteiger partial charge on any atom is 0.573 e. The number of pyridine rings is 2. The number of nitrogens with zero attached hydrogens (tertiary/aromatic N) is 2. The Labute approximate surface area is 182 Å². The minimum atomic E-state index is -4.98. The zero-order valence-electron chi connectivity index (χ0n) is 16.5. The van der Waals surface area contributed by atoms with Crippen LogP contribution in [0.2, 0.25) is 0 Å². The van der Waals surface area contributed by atoms with E-state index in [9.17, 15) is 39.6 Å². The minimum absolute atomic E-state index is 0.0230. The average molecular weight is 493 g/mol. The Balaban J connectivity index is 2.04. The van der Waals surface area contributed by atoms with Crippen LogP contribution in [0.1, 0.15) is 23.0 Å². The fourth-order valence-electron chi connectivity index (χ4n) is 2.70. The quantitative estimate of drug-likeness (QED) is 0.522. The molecule has 1 amide bonds. The summed E-state index contributed by atoms with van der Waals surface area (Å²) in [4.78, 5) is 19.5. The van der Waals surface area contributed by atoms with Crippen molar-refractivity contribution in [2.24, 2.45) is 0 Å². The first-order chi connectivity index (χ1) is 15.2. The summed E-state index contributed by atoms with van der Waals surface area (Å²) in [5.74, 6) is -2.48. The molecule has 0 aliphatic heterocycles. The summed E-state index contributed by atoms with van der Waals surface area (Å²) in [6.07, 6.45) is -9.14. The van der Waals surface area contributed by atoms with E-state index in [1.165, 1.54) is 6.92 Å². The van der Waals surface area contributed by atoms with Crippen molar-refractivity contribution in [2.45, 2.75) is 24.4 Å². The minimum Gasteiger partial charge on any atom is -0.406 e. The van der Waals surface area contributed by atoms with Crippen molar-refractivity contribution in [1.82, 2.24) is 9.97 Å². The molecule has 0 saturated carbocycles. The summed E-state index contributed by atoms with van der Waals surface area (Å²) in [5.41, 5.74) is -1.68. The van der Waals surface area contributed by atoms with Crippen molar-refractivity contribution in [3.05, 3.63) is 53.9 Å². The van der Waals surface area contributed by atoms with Gasteiger partial charge in [0.25, 0.3) is 5.91 Å². The molecule has 0 aliphatic rings. The Morgan fingerprint density at radius 1 is 1.06 bits per heavy atom. The molecule has 3 rings (SSSR count). The molecular weight excluding hydrogens is 480 g/mol. The third-order valence-corrected chi connectivity index (χ3v) is 5.99. The molecule has 176 valence electrons. The van der Waals surface area contributed by atoms with Crippen LogP contribution in [0, 0.1) is 0 Å². The molecule has 0 bridgehead atoms. The second-order valence-electron chi connectivity index (χ2n) is 6.52. The van der Waals surface area contributed by atoms with Crippen LogP contribution in [0.4, 0.5) is 32.2 Å². The Hall–Kier alpha value is -3.42. The predicted molar refractivity (Wildman–Crippen MR) is 103 cm³/mol. The van der Waals surface area contributed by atoms with E-state index in [4.69, 9.17) is 0 Å². The second kappa shape index (κ2) is 8.50. The first-order valence-electron chi connectivity index (χ1n) is 8.97. The van der Waals surface area contributed by atoms with Crippen LogP contribution in [-0.2, 0) is 16.0 Å². The number of benzene rings is 1. The molecule has 0 atom stereocenters. The number of aromatic nitrogens is 2. The van der Waals surface area contributed by atoms with Crippen LogP contribution in [0.15, 0.2) is 47.5 Å². The van der Waals surface area contributed by atoms with Crippen LogP contribution in [-0.4, -0.2) is 36.4 Å². The molecule has 7 nitrogen and oxygen atoms in total. The monoisotopic (exact) mass is 493 g/mol. The molecule has 33 heavy (non-hydrogen) atoms. The summed E-state index contributed by atoms with van der Waals surface area (Å²) in [5, 5.41) is 2.11. The number of ether oxygens (including phenoxy) is 1. The van der Waals surface area contributed by atoms with Gasteiger partial charge in [0, 0.05) is 11.6 Å². The highest BCUT2D eigenvalue weighted by atomic mass is 32.2. The Bertz CT molecular complexity index is 1310. The van der Waals surface area contributed by atoms with Gasteiger partial charge in [-0.3, -0.25) is 4.79 Å². The van der Waals surface area contributed by atoms with Gasteiger partial charge in [-0.15, -0.1) is 13.2 Å². The number of carbonyl (C=O) groups is 1. The summed E-state index contributed by atoms with van der Waals surface area (Å²) in [7, 11) is -4.09. The highest BCUT2D eigenvalue weighted by Gasteiger charge is 2.32. The fourth-order valence-corrected chi connectivity index (χ4v) is 3.75. The first kappa shape index (κ1) is 24.2. The lowest BCUT2D eigenvalue weighted by Crippen LogP contribution is -2.20. The van der Waals surface area contributed by atoms with Gasteiger partial charge in [0.05, 0.1) is 21.7 Å². The Morgan fingerprint density at radius 3 is 2.30 bits per heavy atom. The molecule has 3 aromatic rings. The molecule has 1 N–H and O–H groups in total. The van der Waals surface area contributed by atoms with Gasteiger partial charge in [0.2, 0.25) is 0 Å². The smallest absolute Gasteiger partial charge is 0.406 e. The highest BCUT2D eigenvalue weighted by molar-refractivity contribution is 7.91. The summed E-state index contributed by atoms with van der Waals surface area (Å²) in [6.45, 7) is 1.28. The average Bonchev–Trinajstić information content (AvgIpc) is 2.71. The zero-order chi connectivity index (χ0) is 24.6. The van der Waals surface area contributed by atoms with E-state index >= 15 is 0 Å². The number of rotatable bonds is 5. The number of sulfone groups is 1. The standard InChI is InChI=1S/C19H13F6N3O4S/c1-2-33(30,31)14-8-10-7-12(32-19(23,24)25)4-5-13(10)27-16(14)17(29)28-15-6-3-11(9-26-15)18(20,21)22/h3-9H,2H2,1H3,(H,26,28,29). The fraction of sp³-hybridized carbons (Fsp3) is 0.211. The number of nitrogens with one attached hydrogen (secondary N) is 1. The van der Waals surface area contributed by atoms with E-state index in [-0.39, 0.29) is 16.7 Å². The number of alkyl halides is 6. The van der Waals surface area contributed by atoms with Crippen molar-refractivity contribution >= 4 is 32.5 Å². The maximum absolute atomic E-state index is 12.7. The van der Waals surface area contributed by atoms with Crippen LogP contribution in [0.25, 0.3) is 10.9 Å². The third-order valence-electron chi connectivity index (χ3n) is 4.25. The first-order valence-corrected chi connectivity index (χ1v) is 10.6. The predicted octanol–water partition coefficient (Wildman–Crippen LogP) is 4.59. The van der Waals surface area contributed by atoms with Gasteiger partial charge in [-0.25, -0.2) is 18.4 Å². The number of halogens is 6. The maximum atomic E-state index is 12.7. The number of anilines is 1. The van der Waals surface area contributed by atoms with Crippen molar-refractivity contribution < 1.29 is 44.3 Å². The topological polar surface area (TPSA) is 98.3 Å². The van der Waals surface area contributed by atoms with Crippen molar-refractivity contribution in [2.75, 3.05) is 11.1 Å². The Kier molecular flexibility index (Phi) is 6.24. The van der Waals surface area contributed by atoms with E-state index in [0.717, 1.165) is 30.3 Å². The van der Waals surface area contributed by atoms with E-state index in [2.05, 4.69) is 20.0 Å². The van der Waals surface area contributed by atoms with Gasteiger partial charge < -0.3 is 10.1 Å². The van der Waals surface area contributed by atoms with Crippen molar-refractivity contribution in [3.63, 3.8) is 0 Å². The van der Waals surface area contributed by atoms with E-state index in [1.807, 2.05) is 0 Å². The molecule has 1 aromatic carbocycles. The number of amides is 1. The molecule has 2 heterocycles. The lowest BCUT2D eigenvalue weighted by molar-refractivity contribution is -0.274. The van der Waals surface area contributed by atoms with E-state index < -0.39 is 55.9 Å². The molecule has 2 aromatic heterocycles. The molecule has 14 heteroatoms. The van der Waals surface area contributed by atoms with Gasteiger partial charge in [0.1, 0.15) is 17.3 Å². The zero-order valence-corrected chi connectivity index (χ0v) is 17.3. The van der Waals surface area contributed by atoms with Gasteiger partial charge in [-0.05, 0) is 36.4 Å². The number of fused-ring (bicyclic) bond motifs is 1. The second-order valence-corrected chi connectivity index (χ2v) is 8.77. The SMILES string of the molecule is CCS(=O)(=O)c1cc2cc(OC(F)(F)F)ccc2nc1C(=O)Nc1ccc(C(F)(F)F)cn1. The molecule has 0 unspecified atom stereocenters. The van der Waals surface area contributed by atoms with Gasteiger partial charge >= 0.3 is 12.5 Å². The molecule has 0 fully saturated rings.